The smallest absolute Gasteiger partial charge is 0.410 e. The summed E-state index contributed by atoms with van der Waals surface area (Å²) >= 11 is 0. The number of nitrogens with zero attached hydrogens (tertiary/aromatic N) is 2. The molecule has 1 aliphatic heterocycles. The normalized spacial score (nSPS) is 14.1. The number of fused-ring (bicyclic) bond motifs is 1. The van der Waals surface area contributed by atoms with Crippen LogP contribution in [0.15, 0.2) is 11.0 Å². The minimum Gasteiger partial charge on any atom is -0.462 e. The molecule has 0 saturated carbocycles. The van der Waals surface area contributed by atoms with Crippen LogP contribution in [0.5, 0.6) is 0 Å². The molecule has 0 saturated heterocycles. The zero-order valence-electron chi connectivity index (χ0n) is 14.8. The zero-order valence-corrected chi connectivity index (χ0v) is 14.8. The summed E-state index contributed by atoms with van der Waals surface area (Å²) in [6.07, 6.45) is 1.40. The van der Waals surface area contributed by atoms with Crippen LogP contribution in [0.1, 0.15) is 49.2 Å². The molecule has 0 bridgehead atoms. The molecule has 132 valence electrons. The molecule has 0 spiro atoms. The van der Waals surface area contributed by atoms with E-state index >= 15 is 0 Å². The van der Waals surface area contributed by atoms with E-state index in [1.165, 1.54) is 15.7 Å². The number of pyridine rings is 1. The summed E-state index contributed by atoms with van der Waals surface area (Å²) in [4.78, 5) is 38.3. The van der Waals surface area contributed by atoms with Crippen LogP contribution in [-0.4, -0.2) is 40.3 Å². The molecule has 0 fully saturated rings. The highest BCUT2D eigenvalue weighted by atomic mass is 16.6. The Bertz CT molecular complexity index is 715. The van der Waals surface area contributed by atoms with Crippen molar-refractivity contribution in [2.75, 3.05) is 13.2 Å². The Morgan fingerprint density at radius 1 is 1.25 bits per heavy atom. The van der Waals surface area contributed by atoms with Crippen LogP contribution in [-0.2, 0) is 29.5 Å². The molecule has 0 unspecified atom stereocenters. The molecule has 2 rings (SSSR count). The Hall–Kier alpha value is -2.31. The van der Waals surface area contributed by atoms with E-state index in [9.17, 15) is 14.4 Å². The van der Waals surface area contributed by atoms with E-state index in [4.69, 9.17) is 9.47 Å². The third-order valence-electron chi connectivity index (χ3n) is 3.72. The monoisotopic (exact) mass is 336 g/mol. The van der Waals surface area contributed by atoms with Crippen LogP contribution in [0.2, 0.25) is 0 Å². The van der Waals surface area contributed by atoms with Crippen LogP contribution in [0.3, 0.4) is 0 Å². The number of esters is 1. The Morgan fingerprint density at radius 2 is 1.92 bits per heavy atom. The van der Waals surface area contributed by atoms with E-state index in [2.05, 4.69) is 0 Å². The van der Waals surface area contributed by atoms with Crippen LogP contribution in [0.4, 0.5) is 4.79 Å². The van der Waals surface area contributed by atoms with Gasteiger partial charge in [-0.2, -0.15) is 0 Å². The molecule has 24 heavy (non-hydrogen) atoms. The van der Waals surface area contributed by atoms with Gasteiger partial charge in [-0.1, -0.05) is 0 Å². The molecule has 1 aliphatic rings. The van der Waals surface area contributed by atoms with Crippen LogP contribution in [0.25, 0.3) is 0 Å². The number of aryl methyl sites for hydroxylation is 1. The van der Waals surface area contributed by atoms with Gasteiger partial charge in [0.25, 0.3) is 5.56 Å². The standard InChI is InChI=1S/C17H24N2O5/c1-6-23-15(21)13-9-18(5)14(20)11-7-8-19(10-12(11)13)16(22)24-17(2,3)4/h9H,6-8,10H2,1-5H3. The molecule has 0 aromatic carbocycles. The molecule has 7 nitrogen and oxygen atoms in total. The van der Waals surface area contributed by atoms with Crippen LogP contribution in [0, 0.1) is 0 Å². The number of hydrogen-bond donors (Lipinski definition) is 0. The van der Waals surface area contributed by atoms with Crippen LogP contribution < -0.4 is 5.56 Å². The minimum absolute atomic E-state index is 0.151. The largest absolute Gasteiger partial charge is 0.462 e. The maximum atomic E-state index is 12.3. The summed E-state index contributed by atoms with van der Waals surface area (Å²) < 4.78 is 11.8. The topological polar surface area (TPSA) is 77.8 Å². The number of rotatable bonds is 2. The molecule has 0 aliphatic carbocycles. The quantitative estimate of drug-likeness (QED) is 0.770. The Labute approximate surface area is 141 Å². The van der Waals surface area contributed by atoms with Crippen molar-refractivity contribution in [2.45, 2.75) is 46.3 Å². The highest BCUT2D eigenvalue weighted by Crippen LogP contribution is 2.22. The summed E-state index contributed by atoms with van der Waals surface area (Å²) in [5, 5.41) is 0. The summed E-state index contributed by atoms with van der Waals surface area (Å²) in [6.45, 7) is 7.89. The fraction of sp³-hybridized carbons (Fsp3) is 0.588. The number of carbonyl (C=O) groups excluding carboxylic acids is 2. The van der Waals surface area contributed by atoms with E-state index in [1.807, 2.05) is 0 Å². The summed E-state index contributed by atoms with van der Waals surface area (Å²) in [5.41, 5.74) is 0.675. The van der Waals surface area contributed by atoms with Gasteiger partial charge in [0.05, 0.1) is 18.7 Å². The van der Waals surface area contributed by atoms with Crippen molar-refractivity contribution in [3.8, 4) is 0 Å². The second-order valence-corrected chi connectivity index (χ2v) is 6.79. The van der Waals surface area contributed by atoms with Gasteiger partial charge in [0.15, 0.2) is 0 Å². The van der Waals surface area contributed by atoms with Gasteiger partial charge in [0.2, 0.25) is 0 Å². The van der Waals surface area contributed by atoms with Gasteiger partial charge in [-0.15, -0.1) is 0 Å². The Kier molecular flexibility index (Phi) is 5.01. The fourth-order valence-electron chi connectivity index (χ4n) is 2.66. The Morgan fingerprint density at radius 3 is 2.50 bits per heavy atom. The SMILES string of the molecule is CCOC(=O)c1cn(C)c(=O)c2c1CN(C(=O)OC(C)(C)C)CC2. The molecule has 0 N–H and O–H groups in total. The number of hydrogen-bond acceptors (Lipinski definition) is 5. The predicted octanol–water partition coefficient (Wildman–Crippen LogP) is 1.86. The molecule has 2 heterocycles. The van der Waals surface area contributed by atoms with Gasteiger partial charge in [0, 0.05) is 25.4 Å². The molecule has 1 aromatic heterocycles. The number of aromatic nitrogens is 1. The third-order valence-corrected chi connectivity index (χ3v) is 3.72. The number of carbonyl (C=O) groups is 2. The first-order chi connectivity index (χ1) is 11.1. The summed E-state index contributed by atoms with van der Waals surface area (Å²) in [5.74, 6) is -0.490. The molecule has 0 radical (unpaired) electrons. The van der Waals surface area contributed by atoms with Gasteiger partial charge in [-0.05, 0) is 39.7 Å². The molecule has 1 aromatic rings. The predicted molar refractivity (Wildman–Crippen MR) is 88.0 cm³/mol. The first-order valence-corrected chi connectivity index (χ1v) is 8.00. The lowest BCUT2D eigenvalue weighted by atomic mass is 9.97. The van der Waals surface area contributed by atoms with Gasteiger partial charge in [0.1, 0.15) is 5.60 Å². The molecular weight excluding hydrogens is 312 g/mol. The maximum Gasteiger partial charge on any atom is 0.410 e. The molecular formula is C17H24N2O5. The first kappa shape index (κ1) is 18.0. The highest BCUT2D eigenvalue weighted by molar-refractivity contribution is 5.91. The van der Waals surface area contributed by atoms with Crippen molar-refractivity contribution in [3.63, 3.8) is 0 Å². The summed E-state index contributed by atoms with van der Waals surface area (Å²) in [7, 11) is 1.60. The highest BCUT2D eigenvalue weighted by Gasteiger charge is 2.30. The second-order valence-electron chi connectivity index (χ2n) is 6.79. The second kappa shape index (κ2) is 6.67. The zero-order chi connectivity index (χ0) is 18.1. The van der Waals surface area contributed by atoms with Crippen molar-refractivity contribution in [1.82, 2.24) is 9.47 Å². The maximum absolute atomic E-state index is 12.3. The summed E-state index contributed by atoms with van der Waals surface area (Å²) in [6, 6.07) is 0. The van der Waals surface area contributed by atoms with Gasteiger partial charge in [-0.3, -0.25) is 4.79 Å². The number of amides is 1. The lowest BCUT2D eigenvalue weighted by Gasteiger charge is -2.31. The van der Waals surface area contributed by atoms with Crippen molar-refractivity contribution in [2.24, 2.45) is 7.05 Å². The minimum atomic E-state index is -0.603. The average molecular weight is 336 g/mol. The van der Waals surface area contributed by atoms with E-state index in [0.29, 0.717) is 29.7 Å². The molecule has 7 heteroatoms. The lowest BCUT2D eigenvalue weighted by molar-refractivity contribution is 0.0219. The van der Waals surface area contributed by atoms with Crippen molar-refractivity contribution < 1.29 is 19.1 Å². The number of ether oxygens (including phenoxy) is 2. The van der Waals surface area contributed by atoms with E-state index in [-0.39, 0.29) is 18.7 Å². The van der Waals surface area contributed by atoms with Gasteiger partial charge < -0.3 is 18.9 Å². The van der Waals surface area contributed by atoms with Gasteiger partial charge in [-0.25, -0.2) is 9.59 Å². The fourth-order valence-corrected chi connectivity index (χ4v) is 2.66. The van der Waals surface area contributed by atoms with Gasteiger partial charge >= 0.3 is 12.1 Å². The Balaban J connectivity index is 2.38. The van der Waals surface area contributed by atoms with Crippen LogP contribution >= 0.6 is 0 Å². The first-order valence-electron chi connectivity index (χ1n) is 8.00. The van der Waals surface area contributed by atoms with Crippen molar-refractivity contribution in [3.05, 3.63) is 33.2 Å². The van der Waals surface area contributed by atoms with E-state index < -0.39 is 17.7 Å². The van der Waals surface area contributed by atoms with E-state index in [1.54, 1.807) is 34.7 Å². The molecule has 0 atom stereocenters. The lowest BCUT2D eigenvalue weighted by Crippen LogP contribution is -2.42. The molecule has 1 amide bonds. The van der Waals surface area contributed by atoms with Crippen molar-refractivity contribution in [1.29, 1.82) is 0 Å². The van der Waals surface area contributed by atoms with E-state index in [0.717, 1.165) is 0 Å². The average Bonchev–Trinajstić information content (AvgIpc) is 2.48. The third kappa shape index (κ3) is 3.77. The van der Waals surface area contributed by atoms with Crippen molar-refractivity contribution >= 4 is 12.1 Å².